The average Bonchev–Trinajstić information content (AvgIpc) is 2.82. The van der Waals surface area contributed by atoms with Crippen LogP contribution in [0.15, 0.2) is 0 Å². The lowest BCUT2D eigenvalue weighted by molar-refractivity contribution is -0.154. The quantitative estimate of drug-likeness (QED) is 0.788. The average molecular weight is 278 g/mol. The number of rotatable bonds is 2. The van der Waals surface area contributed by atoms with Crippen LogP contribution in [-0.4, -0.2) is 35.3 Å². The van der Waals surface area contributed by atoms with E-state index in [1.807, 2.05) is 0 Å². The molecule has 0 radical (unpaired) electrons. The molecule has 2 unspecified atom stereocenters. The molecular formula is C16H26N2O2. The Bertz CT molecular complexity index is 381. The van der Waals surface area contributed by atoms with Gasteiger partial charge in [-0.25, -0.2) is 0 Å². The summed E-state index contributed by atoms with van der Waals surface area (Å²) in [6, 6.07) is 0.800. The minimum atomic E-state index is 0.0257. The number of carbonyl (C=O) groups excluding carboxylic acids is 2. The molecule has 4 nitrogen and oxygen atoms in total. The van der Waals surface area contributed by atoms with Crippen molar-refractivity contribution in [3.8, 4) is 0 Å². The largest absolute Gasteiger partial charge is 0.310 e. The zero-order valence-electron chi connectivity index (χ0n) is 12.5. The molecule has 2 aliphatic heterocycles. The van der Waals surface area contributed by atoms with Gasteiger partial charge in [-0.15, -0.1) is 0 Å². The van der Waals surface area contributed by atoms with Crippen LogP contribution in [0.5, 0.6) is 0 Å². The number of nitrogens with zero attached hydrogens (tertiary/aromatic N) is 1. The fourth-order valence-corrected chi connectivity index (χ4v) is 4.32. The molecule has 1 aliphatic carbocycles. The molecule has 0 aromatic rings. The van der Waals surface area contributed by atoms with E-state index in [9.17, 15) is 9.59 Å². The molecule has 3 aliphatic rings. The summed E-state index contributed by atoms with van der Waals surface area (Å²) < 4.78 is 0. The van der Waals surface area contributed by atoms with Gasteiger partial charge < -0.3 is 5.32 Å². The maximum Gasteiger partial charge on any atom is 0.229 e. The van der Waals surface area contributed by atoms with Crippen LogP contribution in [0, 0.1) is 5.41 Å². The van der Waals surface area contributed by atoms with Gasteiger partial charge >= 0.3 is 0 Å². The number of carbonyl (C=O) groups is 2. The third-order valence-electron chi connectivity index (χ3n) is 5.43. The second-order valence-electron chi connectivity index (χ2n) is 7.15. The van der Waals surface area contributed by atoms with Gasteiger partial charge in [-0.2, -0.15) is 0 Å². The molecule has 112 valence electrons. The molecule has 3 rings (SSSR count). The summed E-state index contributed by atoms with van der Waals surface area (Å²) in [4.78, 5) is 26.3. The summed E-state index contributed by atoms with van der Waals surface area (Å²) in [6.45, 7) is 2.76. The number of hydrogen-bond donors (Lipinski definition) is 1. The van der Waals surface area contributed by atoms with Crippen molar-refractivity contribution in [3.05, 3.63) is 0 Å². The highest BCUT2D eigenvalue weighted by Gasteiger charge is 2.45. The predicted molar refractivity (Wildman–Crippen MR) is 77.1 cm³/mol. The van der Waals surface area contributed by atoms with Crippen molar-refractivity contribution in [1.29, 1.82) is 0 Å². The van der Waals surface area contributed by atoms with Crippen molar-refractivity contribution in [3.63, 3.8) is 0 Å². The van der Waals surface area contributed by atoms with E-state index in [-0.39, 0.29) is 17.2 Å². The highest BCUT2D eigenvalue weighted by molar-refractivity contribution is 5.98. The third kappa shape index (κ3) is 2.76. The topological polar surface area (TPSA) is 49.4 Å². The van der Waals surface area contributed by atoms with Crippen molar-refractivity contribution in [2.75, 3.05) is 6.54 Å². The van der Waals surface area contributed by atoms with Crippen molar-refractivity contribution >= 4 is 11.8 Å². The minimum Gasteiger partial charge on any atom is -0.310 e. The predicted octanol–water partition coefficient (Wildman–Crippen LogP) is 2.23. The molecular weight excluding hydrogens is 252 g/mol. The zero-order valence-corrected chi connectivity index (χ0v) is 12.5. The van der Waals surface area contributed by atoms with E-state index in [0.717, 1.165) is 19.3 Å². The third-order valence-corrected chi connectivity index (χ3v) is 5.43. The first-order valence-electron chi connectivity index (χ1n) is 8.17. The van der Waals surface area contributed by atoms with Crippen molar-refractivity contribution in [2.45, 2.75) is 76.8 Å². The first-order chi connectivity index (χ1) is 9.58. The first kappa shape index (κ1) is 14.1. The summed E-state index contributed by atoms with van der Waals surface area (Å²) in [7, 11) is 0. The molecule has 1 spiro atoms. The number of likely N-dealkylation sites (tertiary alicyclic amines) is 1. The van der Waals surface area contributed by atoms with Crippen molar-refractivity contribution < 1.29 is 9.59 Å². The van der Waals surface area contributed by atoms with Crippen LogP contribution in [0.3, 0.4) is 0 Å². The van der Waals surface area contributed by atoms with E-state index < -0.39 is 0 Å². The Morgan fingerprint density at radius 3 is 2.35 bits per heavy atom. The Hall–Kier alpha value is -0.900. The second-order valence-corrected chi connectivity index (χ2v) is 7.15. The molecule has 20 heavy (non-hydrogen) atoms. The molecule has 0 aromatic heterocycles. The first-order valence-corrected chi connectivity index (χ1v) is 8.17. The van der Waals surface area contributed by atoms with Gasteiger partial charge in [0.2, 0.25) is 11.8 Å². The Labute approximate surface area is 121 Å². The smallest absolute Gasteiger partial charge is 0.229 e. The maximum absolute atomic E-state index is 12.4. The van der Waals surface area contributed by atoms with Crippen LogP contribution in [0.4, 0.5) is 0 Å². The van der Waals surface area contributed by atoms with Crippen LogP contribution < -0.4 is 5.32 Å². The maximum atomic E-state index is 12.4. The number of hydrogen-bond acceptors (Lipinski definition) is 3. The molecule has 0 bridgehead atoms. The monoisotopic (exact) mass is 278 g/mol. The Morgan fingerprint density at radius 1 is 1.10 bits per heavy atom. The molecule has 0 aromatic carbocycles. The summed E-state index contributed by atoms with van der Waals surface area (Å²) in [5.41, 5.74) is 0.0257. The minimum absolute atomic E-state index is 0.0257. The van der Waals surface area contributed by atoms with E-state index in [2.05, 4.69) is 12.2 Å². The lowest BCUT2D eigenvalue weighted by atomic mass is 9.76. The number of imide groups is 1. The Morgan fingerprint density at radius 2 is 1.75 bits per heavy atom. The van der Waals surface area contributed by atoms with Gasteiger partial charge in [-0.05, 0) is 38.0 Å². The molecule has 3 fully saturated rings. The molecule has 2 saturated heterocycles. The van der Waals surface area contributed by atoms with Gasteiger partial charge in [0.25, 0.3) is 0 Å². The van der Waals surface area contributed by atoms with Crippen LogP contribution in [0.1, 0.15) is 64.7 Å². The fourth-order valence-electron chi connectivity index (χ4n) is 4.32. The van der Waals surface area contributed by atoms with Gasteiger partial charge in [-0.1, -0.05) is 19.3 Å². The van der Waals surface area contributed by atoms with E-state index >= 15 is 0 Å². The fraction of sp³-hybridized carbons (Fsp3) is 0.875. The number of amides is 2. The number of nitrogens with one attached hydrogen (secondary N) is 1. The summed E-state index contributed by atoms with van der Waals surface area (Å²) in [5, 5.41) is 3.52. The van der Waals surface area contributed by atoms with Gasteiger partial charge in [0.1, 0.15) is 0 Å². The molecule has 2 amide bonds. The van der Waals surface area contributed by atoms with Crippen LogP contribution in [0.25, 0.3) is 0 Å². The van der Waals surface area contributed by atoms with Crippen molar-refractivity contribution in [1.82, 2.24) is 10.2 Å². The van der Waals surface area contributed by atoms with Gasteiger partial charge in [0.15, 0.2) is 0 Å². The molecule has 1 N–H and O–H groups in total. The number of piperidine rings is 2. The Balaban J connectivity index is 1.62. The normalized spacial score (nSPS) is 34.0. The van der Waals surface area contributed by atoms with Gasteiger partial charge in [0.05, 0.1) is 0 Å². The van der Waals surface area contributed by atoms with E-state index in [0.29, 0.717) is 31.5 Å². The van der Waals surface area contributed by atoms with Crippen LogP contribution in [0.2, 0.25) is 0 Å². The van der Waals surface area contributed by atoms with E-state index in [1.165, 1.54) is 25.7 Å². The van der Waals surface area contributed by atoms with Crippen LogP contribution in [-0.2, 0) is 9.59 Å². The zero-order chi connectivity index (χ0) is 14.2. The highest BCUT2D eigenvalue weighted by atomic mass is 16.2. The second kappa shape index (κ2) is 5.47. The summed E-state index contributed by atoms with van der Waals surface area (Å²) in [6.07, 6.45) is 9.16. The summed E-state index contributed by atoms with van der Waals surface area (Å²) >= 11 is 0. The van der Waals surface area contributed by atoms with Crippen molar-refractivity contribution in [2.24, 2.45) is 5.41 Å². The molecule has 1 saturated carbocycles. The molecule has 2 atom stereocenters. The van der Waals surface area contributed by atoms with Crippen LogP contribution >= 0.6 is 0 Å². The van der Waals surface area contributed by atoms with Gasteiger partial charge in [-0.3, -0.25) is 14.5 Å². The highest BCUT2D eigenvalue weighted by Crippen LogP contribution is 2.46. The summed E-state index contributed by atoms with van der Waals surface area (Å²) in [5.74, 6) is 0.145. The van der Waals surface area contributed by atoms with Gasteiger partial charge in [0, 0.05) is 31.5 Å². The van der Waals surface area contributed by atoms with E-state index in [4.69, 9.17) is 0 Å². The van der Waals surface area contributed by atoms with E-state index in [1.54, 1.807) is 4.90 Å². The lowest BCUT2D eigenvalue weighted by Gasteiger charge is -2.39. The standard InChI is InChI=1S/C16H26N2O2/c1-12-5-4-6-13(17-12)11-18-14(19)9-16(10-15(18)20)7-2-3-8-16/h12-13,17H,2-11H2,1H3. The lowest BCUT2D eigenvalue weighted by Crippen LogP contribution is -2.54. The Kier molecular flexibility index (Phi) is 3.85. The molecule has 4 heteroatoms. The molecule has 2 heterocycles. The SMILES string of the molecule is CC1CCCC(CN2C(=O)CC3(CCCC3)CC2=O)N1.